The summed E-state index contributed by atoms with van der Waals surface area (Å²) in [5, 5.41) is 3.17. The van der Waals surface area contributed by atoms with Gasteiger partial charge in [0.1, 0.15) is 6.29 Å². The van der Waals surface area contributed by atoms with E-state index in [-0.39, 0.29) is 5.92 Å². The maximum absolute atomic E-state index is 10.5. The molecule has 1 aliphatic rings. The average molecular weight is 141 g/mol. The second kappa shape index (κ2) is 3.71. The molecule has 10 heavy (non-hydrogen) atoms. The second-order valence-corrected chi connectivity index (χ2v) is 2.98. The van der Waals surface area contributed by atoms with Gasteiger partial charge in [0, 0.05) is 12.0 Å². The van der Waals surface area contributed by atoms with Crippen molar-refractivity contribution in [1.29, 1.82) is 0 Å². The predicted octanol–water partition coefficient (Wildman–Crippen LogP) is 0.963. The molecule has 0 amide bonds. The minimum Gasteiger partial charge on any atom is -0.316 e. The summed E-state index contributed by atoms with van der Waals surface area (Å²) in [7, 11) is 1.94. The van der Waals surface area contributed by atoms with E-state index in [0.717, 1.165) is 12.7 Å². The number of carbonyl (C=O) groups excluding carboxylic acids is 1. The number of carbonyl (C=O) groups is 1. The molecule has 1 rings (SSSR count). The van der Waals surface area contributed by atoms with Crippen molar-refractivity contribution < 1.29 is 4.79 Å². The number of hydrogen-bond acceptors (Lipinski definition) is 2. The molecule has 0 radical (unpaired) electrons. The summed E-state index contributed by atoms with van der Waals surface area (Å²) in [5.74, 6) is 0.277. The summed E-state index contributed by atoms with van der Waals surface area (Å²) in [6.07, 6.45) is 5.84. The highest BCUT2D eigenvalue weighted by atomic mass is 16.1. The lowest BCUT2D eigenvalue weighted by molar-refractivity contribution is -0.112. The van der Waals surface area contributed by atoms with Crippen molar-refractivity contribution in [2.24, 2.45) is 5.92 Å². The molecule has 0 aromatic rings. The third-order valence-corrected chi connectivity index (χ3v) is 2.36. The van der Waals surface area contributed by atoms with Gasteiger partial charge < -0.3 is 10.1 Å². The molecular weight excluding hydrogens is 126 g/mol. The van der Waals surface area contributed by atoms with Crippen LogP contribution >= 0.6 is 0 Å². The number of rotatable bonds is 2. The molecule has 0 bridgehead atoms. The van der Waals surface area contributed by atoms with Crippen LogP contribution in [0.5, 0.6) is 0 Å². The van der Waals surface area contributed by atoms with Gasteiger partial charge in [-0.25, -0.2) is 0 Å². The van der Waals surface area contributed by atoms with E-state index in [2.05, 4.69) is 5.32 Å². The molecule has 1 fully saturated rings. The SMILES string of the molecule is CNC1CCCC[C@@H]1C=O. The second-order valence-electron chi connectivity index (χ2n) is 2.98. The van der Waals surface area contributed by atoms with Crippen molar-refractivity contribution >= 4 is 6.29 Å². The van der Waals surface area contributed by atoms with E-state index in [1.54, 1.807) is 0 Å². The first-order valence-corrected chi connectivity index (χ1v) is 4.01. The third-order valence-electron chi connectivity index (χ3n) is 2.36. The summed E-state index contributed by atoms with van der Waals surface area (Å²) >= 11 is 0. The van der Waals surface area contributed by atoms with Gasteiger partial charge in [0.15, 0.2) is 0 Å². The normalized spacial score (nSPS) is 33.7. The first-order chi connectivity index (χ1) is 4.88. The fourth-order valence-electron chi connectivity index (χ4n) is 1.68. The molecule has 0 spiro atoms. The fourth-order valence-corrected chi connectivity index (χ4v) is 1.68. The summed E-state index contributed by atoms with van der Waals surface area (Å²) in [5.41, 5.74) is 0. The average Bonchev–Trinajstić information content (AvgIpc) is 2.04. The Morgan fingerprint density at radius 2 is 2.10 bits per heavy atom. The number of nitrogens with one attached hydrogen (secondary N) is 1. The van der Waals surface area contributed by atoms with Crippen LogP contribution in [-0.2, 0) is 4.79 Å². The summed E-state index contributed by atoms with van der Waals surface area (Å²) < 4.78 is 0. The quantitative estimate of drug-likeness (QED) is 0.580. The Hall–Kier alpha value is -0.370. The van der Waals surface area contributed by atoms with Crippen molar-refractivity contribution in [1.82, 2.24) is 5.32 Å². The molecule has 0 saturated heterocycles. The van der Waals surface area contributed by atoms with Gasteiger partial charge in [-0.05, 0) is 19.9 Å². The molecule has 0 aromatic carbocycles. The van der Waals surface area contributed by atoms with Gasteiger partial charge in [-0.1, -0.05) is 12.8 Å². The van der Waals surface area contributed by atoms with E-state index in [1.165, 1.54) is 19.3 Å². The molecule has 0 heterocycles. The van der Waals surface area contributed by atoms with Crippen LogP contribution in [0.15, 0.2) is 0 Å². The first-order valence-electron chi connectivity index (χ1n) is 4.01. The highest BCUT2D eigenvalue weighted by Gasteiger charge is 2.22. The molecule has 2 nitrogen and oxygen atoms in total. The van der Waals surface area contributed by atoms with E-state index in [0.29, 0.717) is 6.04 Å². The van der Waals surface area contributed by atoms with Crippen molar-refractivity contribution in [2.45, 2.75) is 31.7 Å². The first kappa shape index (κ1) is 7.73. The van der Waals surface area contributed by atoms with Crippen LogP contribution in [0, 0.1) is 5.92 Å². The maximum atomic E-state index is 10.5. The Morgan fingerprint density at radius 3 is 2.60 bits per heavy atom. The van der Waals surface area contributed by atoms with Crippen LogP contribution in [0.25, 0.3) is 0 Å². The van der Waals surface area contributed by atoms with Gasteiger partial charge in [-0.15, -0.1) is 0 Å². The van der Waals surface area contributed by atoms with Gasteiger partial charge in [0.2, 0.25) is 0 Å². The van der Waals surface area contributed by atoms with Gasteiger partial charge in [-0.2, -0.15) is 0 Å². The predicted molar refractivity (Wildman–Crippen MR) is 40.9 cm³/mol. The molecular formula is C8H15NO. The molecule has 2 atom stereocenters. The Labute approximate surface area is 62.0 Å². The van der Waals surface area contributed by atoms with Crippen molar-refractivity contribution in [3.8, 4) is 0 Å². The van der Waals surface area contributed by atoms with Crippen LogP contribution in [-0.4, -0.2) is 19.4 Å². The molecule has 58 valence electrons. The zero-order chi connectivity index (χ0) is 7.40. The molecule has 0 aliphatic heterocycles. The van der Waals surface area contributed by atoms with Crippen molar-refractivity contribution in [3.05, 3.63) is 0 Å². The standard InChI is InChI=1S/C8H15NO/c1-9-8-5-3-2-4-7(8)6-10/h6-9H,2-5H2,1H3/t7-,8?/m1/s1. The smallest absolute Gasteiger partial charge is 0.124 e. The largest absolute Gasteiger partial charge is 0.316 e. The zero-order valence-corrected chi connectivity index (χ0v) is 6.47. The number of hydrogen-bond donors (Lipinski definition) is 1. The Balaban J connectivity index is 2.41. The lowest BCUT2D eigenvalue weighted by Crippen LogP contribution is -2.36. The lowest BCUT2D eigenvalue weighted by Gasteiger charge is -2.26. The third kappa shape index (κ3) is 1.57. The van der Waals surface area contributed by atoms with Gasteiger partial charge in [0.05, 0.1) is 0 Å². The monoisotopic (exact) mass is 141 g/mol. The highest BCUT2D eigenvalue weighted by Crippen LogP contribution is 2.21. The topological polar surface area (TPSA) is 29.1 Å². The highest BCUT2D eigenvalue weighted by molar-refractivity contribution is 5.54. The summed E-state index contributed by atoms with van der Waals surface area (Å²) in [6, 6.07) is 0.450. The Bertz CT molecular complexity index is 114. The van der Waals surface area contributed by atoms with Crippen LogP contribution in [0.4, 0.5) is 0 Å². The molecule has 1 saturated carbocycles. The van der Waals surface area contributed by atoms with Gasteiger partial charge in [0.25, 0.3) is 0 Å². The van der Waals surface area contributed by atoms with Crippen LogP contribution < -0.4 is 5.32 Å². The van der Waals surface area contributed by atoms with E-state index in [4.69, 9.17) is 0 Å². The minimum absolute atomic E-state index is 0.277. The molecule has 2 heteroatoms. The summed E-state index contributed by atoms with van der Waals surface area (Å²) in [4.78, 5) is 10.5. The Kier molecular flexibility index (Phi) is 2.87. The fraction of sp³-hybridized carbons (Fsp3) is 0.875. The van der Waals surface area contributed by atoms with Crippen molar-refractivity contribution in [2.75, 3.05) is 7.05 Å². The molecule has 1 aliphatic carbocycles. The molecule has 0 aromatic heterocycles. The zero-order valence-electron chi connectivity index (χ0n) is 6.47. The van der Waals surface area contributed by atoms with E-state index < -0.39 is 0 Å². The van der Waals surface area contributed by atoms with Gasteiger partial charge in [-0.3, -0.25) is 0 Å². The van der Waals surface area contributed by atoms with E-state index >= 15 is 0 Å². The van der Waals surface area contributed by atoms with Gasteiger partial charge >= 0.3 is 0 Å². The van der Waals surface area contributed by atoms with Crippen LogP contribution in [0.3, 0.4) is 0 Å². The van der Waals surface area contributed by atoms with Crippen LogP contribution in [0.2, 0.25) is 0 Å². The Morgan fingerprint density at radius 1 is 1.40 bits per heavy atom. The minimum atomic E-state index is 0.277. The number of aldehydes is 1. The molecule has 1 N–H and O–H groups in total. The van der Waals surface area contributed by atoms with Crippen molar-refractivity contribution in [3.63, 3.8) is 0 Å². The molecule has 1 unspecified atom stereocenters. The van der Waals surface area contributed by atoms with E-state index in [1.807, 2.05) is 7.05 Å². The lowest BCUT2D eigenvalue weighted by atomic mass is 9.86. The summed E-state index contributed by atoms with van der Waals surface area (Å²) in [6.45, 7) is 0. The maximum Gasteiger partial charge on any atom is 0.124 e. The van der Waals surface area contributed by atoms with E-state index in [9.17, 15) is 4.79 Å². The van der Waals surface area contributed by atoms with Crippen LogP contribution in [0.1, 0.15) is 25.7 Å².